The third kappa shape index (κ3) is 3.78. The Morgan fingerprint density at radius 2 is 2.37 bits per heavy atom. The summed E-state index contributed by atoms with van der Waals surface area (Å²) in [5, 5.41) is 3.94. The minimum absolute atomic E-state index is 0.0952. The van der Waals surface area contributed by atoms with Crippen LogP contribution in [0.15, 0.2) is 18.2 Å². The summed E-state index contributed by atoms with van der Waals surface area (Å²) in [6.45, 7) is 5.37. The van der Waals surface area contributed by atoms with Gasteiger partial charge in [-0.2, -0.15) is 0 Å². The Balaban J connectivity index is 1.92. The molecule has 3 nitrogen and oxygen atoms in total. The number of carbonyl (C=O) groups excluding carboxylic acids is 1. The molecule has 1 saturated heterocycles. The molecule has 0 amide bonds. The summed E-state index contributed by atoms with van der Waals surface area (Å²) >= 11 is 5.97. The quantitative estimate of drug-likeness (QED) is 0.843. The van der Waals surface area contributed by atoms with Crippen LogP contribution in [0.25, 0.3) is 0 Å². The van der Waals surface area contributed by atoms with Gasteiger partial charge in [-0.3, -0.25) is 4.79 Å². The lowest BCUT2D eigenvalue weighted by molar-refractivity contribution is 0.0902. The van der Waals surface area contributed by atoms with Crippen molar-refractivity contribution >= 4 is 17.4 Å². The molecule has 0 saturated carbocycles. The molecule has 2 atom stereocenters. The van der Waals surface area contributed by atoms with Crippen molar-refractivity contribution < 1.29 is 9.53 Å². The zero-order valence-electron chi connectivity index (χ0n) is 11.4. The molecule has 1 fully saturated rings. The van der Waals surface area contributed by atoms with Gasteiger partial charge in [-0.25, -0.2) is 0 Å². The van der Waals surface area contributed by atoms with Gasteiger partial charge in [0, 0.05) is 23.7 Å². The number of hydrogen-bond donors (Lipinski definition) is 1. The first-order valence-corrected chi connectivity index (χ1v) is 7.11. The second-order valence-corrected chi connectivity index (χ2v) is 5.50. The second kappa shape index (κ2) is 6.51. The van der Waals surface area contributed by atoms with E-state index in [1.165, 1.54) is 0 Å². The smallest absolute Gasteiger partial charge is 0.179 e. The molecule has 1 aliphatic heterocycles. The van der Waals surface area contributed by atoms with Crippen molar-refractivity contribution in [3.05, 3.63) is 34.3 Å². The third-order valence-electron chi connectivity index (χ3n) is 3.51. The molecule has 2 unspecified atom stereocenters. The lowest BCUT2D eigenvalue weighted by Gasteiger charge is -2.16. The largest absolute Gasteiger partial charge is 0.377 e. The Bertz CT molecular complexity index is 455. The fraction of sp³-hybridized carbons (Fsp3) is 0.533. The lowest BCUT2D eigenvalue weighted by Crippen LogP contribution is -2.38. The van der Waals surface area contributed by atoms with E-state index < -0.39 is 0 Å². The topological polar surface area (TPSA) is 38.3 Å². The van der Waals surface area contributed by atoms with E-state index >= 15 is 0 Å². The molecule has 0 radical (unpaired) electrons. The Hall–Kier alpha value is -0.900. The Morgan fingerprint density at radius 3 is 3.00 bits per heavy atom. The number of aryl methyl sites for hydroxylation is 1. The van der Waals surface area contributed by atoms with Crippen molar-refractivity contribution in [1.82, 2.24) is 5.32 Å². The van der Waals surface area contributed by atoms with E-state index in [1.54, 1.807) is 12.1 Å². The van der Waals surface area contributed by atoms with Crippen LogP contribution in [0.5, 0.6) is 0 Å². The first kappa shape index (κ1) is 14.5. The van der Waals surface area contributed by atoms with Gasteiger partial charge in [0.1, 0.15) is 0 Å². The molecule has 1 aromatic rings. The van der Waals surface area contributed by atoms with Crippen molar-refractivity contribution in [2.24, 2.45) is 0 Å². The molecule has 0 bridgehead atoms. The van der Waals surface area contributed by atoms with Crippen molar-refractivity contribution in [3.63, 3.8) is 0 Å². The molecule has 2 rings (SSSR count). The first-order valence-electron chi connectivity index (χ1n) is 6.73. The van der Waals surface area contributed by atoms with Crippen LogP contribution < -0.4 is 5.32 Å². The summed E-state index contributed by atoms with van der Waals surface area (Å²) in [4.78, 5) is 12.3. The van der Waals surface area contributed by atoms with Crippen LogP contribution in [-0.4, -0.2) is 31.1 Å². The number of hydrogen-bond acceptors (Lipinski definition) is 3. The summed E-state index contributed by atoms with van der Waals surface area (Å²) in [5.74, 6) is 0.0952. The van der Waals surface area contributed by atoms with Gasteiger partial charge in [0.15, 0.2) is 5.78 Å². The molecule has 0 spiro atoms. The van der Waals surface area contributed by atoms with Gasteiger partial charge >= 0.3 is 0 Å². The molecule has 104 valence electrons. The molecule has 1 aromatic carbocycles. The molecule has 1 heterocycles. The van der Waals surface area contributed by atoms with Crippen molar-refractivity contribution in [2.45, 2.75) is 38.8 Å². The van der Waals surface area contributed by atoms with Crippen LogP contribution in [0.4, 0.5) is 0 Å². The fourth-order valence-corrected chi connectivity index (χ4v) is 2.37. The van der Waals surface area contributed by atoms with E-state index in [1.807, 2.05) is 19.9 Å². The Labute approximate surface area is 119 Å². The third-order valence-corrected chi connectivity index (χ3v) is 3.94. The van der Waals surface area contributed by atoms with Crippen LogP contribution in [0, 0.1) is 6.92 Å². The number of halogens is 1. The standard InChI is InChI=1S/C15H20ClNO2/c1-10-8-12(5-6-14(10)16)15(18)11(2)17-9-13-4-3-7-19-13/h5-6,8,11,13,17H,3-4,7,9H2,1-2H3. The Morgan fingerprint density at radius 1 is 1.58 bits per heavy atom. The summed E-state index contributed by atoms with van der Waals surface area (Å²) in [6.07, 6.45) is 2.45. The average molecular weight is 282 g/mol. The summed E-state index contributed by atoms with van der Waals surface area (Å²) in [5.41, 5.74) is 1.63. The maximum atomic E-state index is 12.3. The molecule has 1 N–H and O–H groups in total. The van der Waals surface area contributed by atoms with Gasteiger partial charge in [-0.1, -0.05) is 11.6 Å². The van der Waals surface area contributed by atoms with E-state index in [-0.39, 0.29) is 17.9 Å². The highest BCUT2D eigenvalue weighted by Gasteiger charge is 2.19. The minimum atomic E-state index is -0.204. The number of carbonyl (C=O) groups is 1. The monoisotopic (exact) mass is 281 g/mol. The molecule has 1 aliphatic rings. The lowest BCUT2D eigenvalue weighted by atomic mass is 10.0. The van der Waals surface area contributed by atoms with Crippen LogP contribution >= 0.6 is 11.6 Å². The van der Waals surface area contributed by atoms with Gasteiger partial charge in [0.25, 0.3) is 0 Å². The van der Waals surface area contributed by atoms with E-state index in [0.717, 1.165) is 31.6 Å². The van der Waals surface area contributed by atoms with Crippen molar-refractivity contribution in [2.75, 3.05) is 13.2 Å². The van der Waals surface area contributed by atoms with Crippen LogP contribution in [0.1, 0.15) is 35.7 Å². The van der Waals surface area contributed by atoms with Crippen molar-refractivity contribution in [1.29, 1.82) is 0 Å². The molecular formula is C15H20ClNO2. The summed E-state index contributed by atoms with van der Waals surface area (Å²) < 4.78 is 5.53. The fourth-order valence-electron chi connectivity index (χ4n) is 2.25. The highest BCUT2D eigenvalue weighted by Crippen LogP contribution is 2.17. The summed E-state index contributed by atoms with van der Waals surface area (Å²) in [6, 6.07) is 5.19. The molecule has 0 aliphatic carbocycles. The van der Waals surface area contributed by atoms with E-state index in [9.17, 15) is 4.79 Å². The number of benzene rings is 1. The molecule has 0 aromatic heterocycles. The maximum absolute atomic E-state index is 12.3. The van der Waals surface area contributed by atoms with E-state index in [4.69, 9.17) is 16.3 Å². The number of nitrogens with one attached hydrogen (secondary N) is 1. The SMILES string of the molecule is Cc1cc(C(=O)C(C)NCC2CCCO2)ccc1Cl. The highest BCUT2D eigenvalue weighted by molar-refractivity contribution is 6.31. The summed E-state index contributed by atoms with van der Waals surface area (Å²) in [7, 11) is 0. The normalized spacial score (nSPS) is 20.5. The molecule has 19 heavy (non-hydrogen) atoms. The van der Waals surface area contributed by atoms with Crippen LogP contribution in [0.3, 0.4) is 0 Å². The Kier molecular flexibility index (Phi) is 4.97. The van der Waals surface area contributed by atoms with Gasteiger partial charge in [0.05, 0.1) is 12.1 Å². The number of ether oxygens (including phenoxy) is 1. The number of rotatable bonds is 5. The van der Waals surface area contributed by atoms with Crippen molar-refractivity contribution in [3.8, 4) is 0 Å². The minimum Gasteiger partial charge on any atom is -0.377 e. The zero-order chi connectivity index (χ0) is 13.8. The predicted molar refractivity (Wildman–Crippen MR) is 77.0 cm³/mol. The van der Waals surface area contributed by atoms with Gasteiger partial charge in [0.2, 0.25) is 0 Å². The highest BCUT2D eigenvalue weighted by atomic mass is 35.5. The van der Waals surface area contributed by atoms with Gasteiger partial charge < -0.3 is 10.1 Å². The first-order chi connectivity index (χ1) is 9.08. The zero-order valence-corrected chi connectivity index (χ0v) is 12.2. The molecule has 4 heteroatoms. The number of ketones is 1. The van der Waals surface area contributed by atoms with E-state index in [2.05, 4.69) is 5.32 Å². The molecular weight excluding hydrogens is 262 g/mol. The van der Waals surface area contributed by atoms with Crippen LogP contribution in [0.2, 0.25) is 5.02 Å². The average Bonchev–Trinajstić information content (AvgIpc) is 2.91. The van der Waals surface area contributed by atoms with Gasteiger partial charge in [-0.15, -0.1) is 0 Å². The van der Waals surface area contributed by atoms with Crippen LogP contribution in [-0.2, 0) is 4.74 Å². The number of Topliss-reactive ketones (excluding diaryl/α,β-unsaturated/α-hetero) is 1. The second-order valence-electron chi connectivity index (χ2n) is 5.09. The predicted octanol–water partition coefficient (Wildman–Crippen LogP) is 2.99. The van der Waals surface area contributed by atoms with E-state index in [0.29, 0.717) is 10.6 Å². The maximum Gasteiger partial charge on any atom is 0.179 e. The van der Waals surface area contributed by atoms with Gasteiger partial charge in [-0.05, 0) is 50.5 Å².